The second-order valence-electron chi connectivity index (χ2n) is 4.59. The molecule has 0 aromatic carbocycles. The maximum atomic E-state index is 4.69. The molecule has 0 saturated heterocycles. The molecule has 0 amide bonds. The van der Waals surface area contributed by atoms with Gasteiger partial charge in [0.1, 0.15) is 0 Å². The van der Waals surface area contributed by atoms with Gasteiger partial charge in [0.05, 0.1) is 5.69 Å². The third kappa shape index (κ3) is 3.11. The van der Waals surface area contributed by atoms with Gasteiger partial charge in [0.15, 0.2) is 10.8 Å². The number of thiazole rings is 1. The van der Waals surface area contributed by atoms with Gasteiger partial charge in [-0.3, -0.25) is 0 Å². The monoisotopic (exact) mass is 262 g/mol. The van der Waals surface area contributed by atoms with Gasteiger partial charge in [0.25, 0.3) is 0 Å². The van der Waals surface area contributed by atoms with E-state index in [2.05, 4.69) is 29.1 Å². The SMILES string of the molecule is CNCc1sc(-c2ncccn2)nc1CC(C)C. The minimum absolute atomic E-state index is 0.604. The lowest BCUT2D eigenvalue weighted by molar-refractivity contribution is 0.631. The fourth-order valence-electron chi connectivity index (χ4n) is 1.73. The Kier molecular flexibility index (Phi) is 4.38. The van der Waals surface area contributed by atoms with Crippen LogP contribution in [0.5, 0.6) is 0 Å². The van der Waals surface area contributed by atoms with E-state index in [0.29, 0.717) is 5.92 Å². The van der Waals surface area contributed by atoms with Crippen molar-refractivity contribution >= 4 is 11.3 Å². The lowest BCUT2D eigenvalue weighted by Gasteiger charge is -2.03. The summed E-state index contributed by atoms with van der Waals surface area (Å²) in [5, 5.41) is 4.11. The molecule has 1 N–H and O–H groups in total. The van der Waals surface area contributed by atoms with Crippen LogP contribution in [-0.2, 0) is 13.0 Å². The molecular formula is C13H18N4S. The molecule has 0 aliphatic heterocycles. The molecule has 2 aromatic rings. The van der Waals surface area contributed by atoms with E-state index in [1.807, 2.05) is 13.1 Å². The van der Waals surface area contributed by atoms with Gasteiger partial charge in [-0.2, -0.15) is 0 Å². The Morgan fingerprint density at radius 3 is 2.61 bits per heavy atom. The zero-order chi connectivity index (χ0) is 13.0. The van der Waals surface area contributed by atoms with E-state index in [4.69, 9.17) is 4.98 Å². The molecule has 0 aliphatic rings. The number of nitrogens with one attached hydrogen (secondary N) is 1. The van der Waals surface area contributed by atoms with Gasteiger partial charge in [-0.1, -0.05) is 13.8 Å². The summed E-state index contributed by atoms with van der Waals surface area (Å²) < 4.78 is 0. The highest BCUT2D eigenvalue weighted by Gasteiger charge is 2.14. The van der Waals surface area contributed by atoms with Gasteiger partial charge in [-0.05, 0) is 25.5 Å². The minimum atomic E-state index is 0.604. The van der Waals surface area contributed by atoms with Crippen molar-refractivity contribution in [2.45, 2.75) is 26.8 Å². The van der Waals surface area contributed by atoms with Crippen LogP contribution in [0.1, 0.15) is 24.4 Å². The summed E-state index contributed by atoms with van der Waals surface area (Å²) in [7, 11) is 1.96. The lowest BCUT2D eigenvalue weighted by Crippen LogP contribution is -2.07. The Balaban J connectivity index is 2.33. The van der Waals surface area contributed by atoms with Crippen molar-refractivity contribution in [3.05, 3.63) is 29.0 Å². The molecule has 0 fully saturated rings. The van der Waals surface area contributed by atoms with Gasteiger partial charge in [-0.25, -0.2) is 15.0 Å². The van der Waals surface area contributed by atoms with E-state index in [9.17, 15) is 0 Å². The van der Waals surface area contributed by atoms with Gasteiger partial charge < -0.3 is 5.32 Å². The van der Waals surface area contributed by atoms with Gasteiger partial charge in [-0.15, -0.1) is 11.3 Å². The van der Waals surface area contributed by atoms with Crippen LogP contribution < -0.4 is 5.32 Å². The molecule has 0 radical (unpaired) electrons. The number of rotatable bonds is 5. The first-order valence-corrected chi connectivity index (χ1v) is 6.93. The van der Waals surface area contributed by atoms with E-state index in [-0.39, 0.29) is 0 Å². The second-order valence-corrected chi connectivity index (χ2v) is 5.67. The van der Waals surface area contributed by atoms with Crippen molar-refractivity contribution in [1.82, 2.24) is 20.3 Å². The van der Waals surface area contributed by atoms with Crippen molar-refractivity contribution in [2.24, 2.45) is 5.92 Å². The van der Waals surface area contributed by atoms with Gasteiger partial charge >= 0.3 is 0 Å². The molecule has 0 aliphatic carbocycles. The fraction of sp³-hybridized carbons (Fsp3) is 0.462. The molecule has 18 heavy (non-hydrogen) atoms. The van der Waals surface area contributed by atoms with Crippen molar-refractivity contribution in [1.29, 1.82) is 0 Å². The zero-order valence-corrected chi connectivity index (χ0v) is 11.8. The third-order valence-corrected chi connectivity index (χ3v) is 3.57. The molecule has 96 valence electrons. The molecular weight excluding hydrogens is 244 g/mol. The summed E-state index contributed by atoms with van der Waals surface area (Å²) in [6.45, 7) is 5.27. The van der Waals surface area contributed by atoms with Crippen LogP contribution >= 0.6 is 11.3 Å². The number of aromatic nitrogens is 3. The Labute approximate surface area is 112 Å². The standard InChI is InChI=1S/C13H18N4S/c1-9(2)7-10-11(8-14-3)18-13(17-10)12-15-5-4-6-16-12/h4-6,9,14H,7-8H2,1-3H3. The molecule has 5 heteroatoms. The smallest absolute Gasteiger partial charge is 0.188 e. The maximum absolute atomic E-state index is 4.69. The molecule has 2 heterocycles. The summed E-state index contributed by atoms with van der Waals surface area (Å²) in [4.78, 5) is 14.5. The highest BCUT2D eigenvalue weighted by atomic mass is 32.1. The van der Waals surface area contributed by atoms with Gasteiger partial charge in [0.2, 0.25) is 0 Å². The van der Waals surface area contributed by atoms with Crippen LogP contribution in [-0.4, -0.2) is 22.0 Å². The van der Waals surface area contributed by atoms with Crippen LogP contribution in [0, 0.1) is 5.92 Å². The first-order valence-electron chi connectivity index (χ1n) is 6.11. The summed E-state index contributed by atoms with van der Waals surface area (Å²) in [6.07, 6.45) is 4.51. The van der Waals surface area contributed by atoms with Crippen LogP contribution in [0.25, 0.3) is 10.8 Å². The summed E-state index contributed by atoms with van der Waals surface area (Å²) in [5.41, 5.74) is 1.17. The topological polar surface area (TPSA) is 50.7 Å². The summed E-state index contributed by atoms with van der Waals surface area (Å²) >= 11 is 1.68. The van der Waals surface area contributed by atoms with E-state index < -0.39 is 0 Å². The molecule has 0 bridgehead atoms. The van der Waals surface area contributed by atoms with E-state index in [0.717, 1.165) is 23.8 Å². The first-order chi connectivity index (χ1) is 8.70. The molecule has 0 saturated carbocycles. The zero-order valence-electron chi connectivity index (χ0n) is 11.0. The average Bonchev–Trinajstić information content (AvgIpc) is 2.73. The molecule has 4 nitrogen and oxygen atoms in total. The largest absolute Gasteiger partial charge is 0.315 e. The maximum Gasteiger partial charge on any atom is 0.188 e. The Morgan fingerprint density at radius 2 is 2.00 bits per heavy atom. The number of nitrogens with zero attached hydrogens (tertiary/aromatic N) is 3. The summed E-state index contributed by atoms with van der Waals surface area (Å²) in [6, 6.07) is 1.82. The molecule has 0 unspecified atom stereocenters. The predicted octanol–water partition coefficient (Wildman–Crippen LogP) is 2.52. The number of hydrogen-bond donors (Lipinski definition) is 1. The molecule has 2 aromatic heterocycles. The number of hydrogen-bond acceptors (Lipinski definition) is 5. The summed E-state index contributed by atoms with van der Waals surface area (Å²) in [5.74, 6) is 1.32. The van der Waals surface area contributed by atoms with Crippen molar-refractivity contribution < 1.29 is 0 Å². The van der Waals surface area contributed by atoms with E-state index in [1.165, 1.54) is 10.6 Å². The van der Waals surface area contributed by atoms with Crippen molar-refractivity contribution in [2.75, 3.05) is 7.05 Å². The highest BCUT2D eigenvalue weighted by Crippen LogP contribution is 2.27. The Bertz CT molecular complexity index is 493. The molecule has 0 atom stereocenters. The molecule has 0 spiro atoms. The van der Waals surface area contributed by atoms with Crippen LogP contribution in [0.3, 0.4) is 0 Å². The van der Waals surface area contributed by atoms with E-state index >= 15 is 0 Å². The van der Waals surface area contributed by atoms with Crippen molar-refractivity contribution in [3.63, 3.8) is 0 Å². The van der Waals surface area contributed by atoms with Crippen LogP contribution in [0.15, 0.2) is 18.5 Å². The Hall–Kier alpha value is -1.33. The Morgan fingerprint density at radius 1 is 1.28 bits per heavy atom. The minimum Gasteiger partial charge on any atom is -0.315 e. The van der Waals surface area contributed by atoms with E-state index in [1.54, 1.807) is 23.7 Å². The van der Waals surface area contributed by atoms with Crippen LogP contribution in [0.4, 0.5) is 0 Å². The normalized spacial score (nSPS) is 11.1. The lowest BCUT2D eigenvalue weighted by atomic mass is 10.1. The average molecular weight is 262 g/mol. The fourth-order valence-corrected chi connectivity index (χ4v) is 2.78. The predicted molar refractivity (Wildman–Crippen MR) is 74.4 cm³/mol. The highest BCUT2D eigenvalue weighted by molar-refractivity contribution is 7.15. The second kappa shape index (κ2) is 6.02. The molecule has 2 rings (SSSR count). The van der Waals surface area contributed by atoms with Crippen LogP contribution in [0.2, 0.25) is 0 Å². The van der Waals surface area contributed by atoms with Crippen molar-refractivity contribution in [3.8, 4) is 10.8 Å². The first kappa shape index (κ1) is 13.1. The quantitative estimate of drug-likeness (QED) is 0.899. The third-order valence-electron chi connectivity index (χ3n) is 2.47. The van der Waals surface area contributed by atoms with Gasteiger partial charge in [0, 0.05) is 23.8 Å².